The van der Waals surface area contributed by atoms with Gasteiger partial charge in [-0.2, -0.15) is 5.10 Å². The van der Waals surface area contributed by atoms with E-state index in [0.29, 0.717) is 18.4 Å². The fourth-order valence-electron chi connectivity index (χ4n) is 5.63. The van der Waals surface area contributed by atoms with Crippen LogP contribution in [0.4, 0.5) is 5.69 Å². The second-order valence-electron chi connectivity index (χ2n) is 10.2. The van der Waals surface area contributed by atoms with Crippen LogP contribution in [0.1, 0.15) is 35.2 Å². The Morgan fingerprint density at radius 3 is 2.59 bits per heavy atom. The van der Waals surface area contributed by atoms with E-state index in [9.17, 15) is 9.90 Å². The van der Waals surface area contributed by atoms with Gasteiger partial charge in [0.05, 0.1) is 42.2 Å². The fourth-order valence-corrected chi connectivity index (χ4v) is 5.81. The van der Waals surface area contributed by atoms with Crippen LogP contribution in [0.25, 0.3) is 27.8 Å². The second kappa shape index (κ2) is 9.63. The quantitative estimate of drug-likeness (QED) is 0.311. The van der Waals surface area contributed by atoms with Crippen molar-refractivity contribution in [3.63, 3.8) is 0 Å². The van der Waals surface area contributed by atoms with Crippen molar-refractivity contribution in [3.8, 4) is 11.3 Å². The van der Waals surface area contributed by atoms with Gasteiger partial charge in [0, 0.05) is 47.6 Å². The number of hydrogen-bond donors (Lipinski definition) is 1. The van der Waals surface area contributed by atoms with Gasteiger partial charge in [0.2, 0.25) is 0 Å². The van der Waals surface area contributed by atoms with E-state index in [1.54, 1.807) is 0 Å². The smallest absolute Gasteiger partial charge is 0.307 e. The Labute approximate surface area is 229 Å². The standard InChI is InChI=1S/C30H26ClN5O3/c31-26-17-25(35-11-13-39-14-12-35)30-33-28(22-16-21(22)24-10-9-19-3-1-2-4-23(19)32-24)29(36(30)34-26)20-7-5-18(6-8-20)15-27(37)38/h1-10,17,21-22H,11-16H2,(H,37,38). The summed E-state index contributed by atoms with van der Waals surface area (Å²) in [6, 6.07) is 21.9. The molecule has 8 nitrogen and oxygen atoms in total. The monoisotopic (exact) mass is 539 g/mol. The number of carboxylic acids is 1. The van der Waals surface area contributed by atoms with Crippen LogP contribution in [-0.4, -0.2) is 57.0 Å². The van der Waals surface area contributed by atoms with Gasteiger partial charge in [-0.05, 0) is 24.1 Å². The summed E-state index contributed by atoms with van der Waals surface area (Å²) in [4.78, 5) is 23.7. The average molecular weight is 540 g/mol. The van der Waals surface area contributed by atoms with E-state index in [-0.39, 0.29) is 18.3 Å². The number of morpholine rings is 1. The first kappa shape index (κ1) is 24.1. The maximum atomic E-state index is 11.2. The maximum absolute atomic E-state index is 11.2. The molecule has 0 amide bonds. The van der Waals surface area contributed by atoms with Gasteiger partial charge in [0.15, 0.2) is 10.8 Å². The van der Waals surface area contributed by atoms with E-state index >= 15 is 0 Å². The summed E-state index contributed by atoms with van der Waals surface area (Å²) < 4.78 is 7.43. The summed E-state index contributed by atoms with van der Waals surface area (Å²) in [6.45, 7) is 2.81. The number of halogens is 1. The molecule has 0 radical (unpaired) electrons. The minimum atomic E-state index is -0.856. The molecule has 1 saturated carbocycles. The largest absolute Gasteiger partial charge is 0.481 e. The highest BCUT2D eigenvalue weighted by atomic mass is 35.5. The minimum absolute atomic E-state index is 0.0239. The topological polar surface area (TPSA) is 92.8 Å². The third-order valence-electron chi connectivity index (χ3n) is 7.64. The Balaban J connectivity index is 1.35. The third kappa shape index (κ3) is 4.49. The molecule has 3 aromatic heterocycles. The van der Waals surface area contributed by atoms with Gasteiger partial charge in [-0.15, -0.1) is 0 Å². The van der Waals surface area contributed by atoms with E-state index in [1.165, 1.54) is 0 Å². The number of carbonyl (C=O) groups is 1. The van der Waals surface area contributed by atoms with Crippen LogP contribution in [-0.2, 0) is 16.0 Å². The van der Waals surface area contributed by atoms with E-state index in [4.69, 9.17) is 31.4 Å². The Morgan fingerprint density at radius 1 is 1.00 bits per heavy atom. The minimum Gasteiger partial charge on any atom is -0.481 e. The van der Waals surface area contributed by atoms with Gasteiger partial charge in [0.1, 0.15) is 0 Å². The number of para-hydroxylation sites is 1. The molecule has 2 aromatic carbocycles. The van der Waals surface area contributed by atoms with Crippen molar-refractivity contribution in [2.24, 2.45) is 0 Å². The predicted octanol–water partition coefficient (Wildman–Crippen LogP) is 5.33. The number of nitrogens with zero attached hydrogens (tertiary/aromatic N) is 5. The molecule has 1 aliphatic carbocycles. The van der Waals surface area contributed by atoms with E-state index in [2.05, 4.69) is 23.1 Å². The van der Waals surface area contributed by atoms with E-state index < -0.39 is 5.97 Å². The van der Waals surface area contributed by atoms with Crippen molar-refractivity contribution in [2.75, 3.05) is 31.2 Å². The van der Waals surface area contributed by atoms with Gasteiger partial charge in [-0.25, -0.2) is 9.50 Å². The maximum Gasteiger partial charge on any atom is 0.307 e. The molecule has 7 rings (SSSR count). The highest BCUT2D eigenvalue weighted by Gasteiger charge is 2.44. The molecule has 39 heavy (non-hydrogen) atoms. The summed E-state index contributed by atoms with van der Waals surface area (Å²) in [6.07, 6.45) is 0.920. The van der Waals surface area contributed by atoms with Crippen molar-refractivity contribution >= 4 is 39.8 Å². The van der Waals surface area contributed by atoms with Crippen LogP contribution in [0.3, 0.4) is 0 Å². The van der Waals surface area contributed by atoms with Crippen molar-refractivity contribution in [2.45, 2.75) is 24.7 Å². The average Bonchev–Trinajstić information content (AvgIpc) is 3.66. The molecule has 1 N–H and O–H groups in total. The number of ether oxygens (including phenoxy) is 1. The van der Waals surface area contributed by atoms with Crippen molar-refractivity contribution < 1.29 is 14.6 Å². The fraction of sp³-hybridized carbons (Fsp3) is 0.267. The van der Waals surface area contributed by atoms with Gasteiger partial charge in [-0.1, -0.05) is 60.1 Å². The number of pyridine rings is 1. The lowest BCUT2D eigenvalue weighted by molar-refractivity contribution is -0.136. The number of aliphatic carboxylic acids is 1. The van der Waals surface area contributed by atoms with Crippen LogP contribution in [0.2, 0.25) is 5.15 Å². The molecular formula is C30H26ClN5O3. The number of aromatic nitrogens is 4. The lowest BCUT2D eigenvalue weighted by Crippen LogP contribution is -2.36. The zero-order valence-corrected chi connectivity index (χ0v) is 21.9. The summed E-state index contributed by atoms with van der Waals surface area (Å²) in [5.41, 5.74) is 7.28. The molecular weight excluding hydrogens is 514 g/mol. The molecule has 2 atom stereocenters. The molecule has 4 heterocycles. The number of carboxylic acid groups (broad SMARTS) is 1. The van der Waals surface area contributed by atoms with Gasteiger partial charge in [-0.3, -0.25) is 9.78 Å². The number of benzene rings is 2. The number of anilines is 1. The number of fused-ring (bicyclic) bond motifs is 2. The predicted molar refractivity (Wildman–Crippen MR) is 150 cm³/mol. The zero-order valence-electron chi connectivity index (χ0n) is 21.1. The number of imidazole rings is 1. The molecule has 2 unspecified atom stereocenters. The van der Waals surface area contributed by atoms with Gasteiger partial charge in [0.25, 0.3) is 0 Å². The Morgan fingerprint density at radius 2 is 1.79 bits per heavy atom. The summed E-state index contributed by atoms with van der Waals surface area (Å²) in [5, 5.41) is 15.4. The van der Waals surface area contributed by atoms with Crippen LogP contribution in [0.15, 0.2) is 66.7 Å². The van der Waals surface area contributed by atoms with Crippen LogP contribution >= 0.6 is 11.6 Å². The molecule has 0 bridgehead atoms. The molecule has 196 valence electrons. The Kier molecular flexibility index (Phi) is 5.94. The van der Waals surface area contributed by atoms with Crippen molar-refractivity contribution in [1.29, 1.82) is 0 Å². The molecule has 0 spiro atoms. The lowest BCUT2D eigenvalue weighted by atomic mass is 10.0. The highest BCUT2D eigenvalue weighted by molar-refractivity contribution is 6.29. The first-order chi connectivity index (χ1) is 19.0. The number of rotatable bonds is 6. The lowest BCUT2D eigenvalue weighted by Gasteiger charge is -2.28. The Bertz CT molecular complexity index is 1710. The second-order valence-corrected chi connectivity index (χ2v) is 10.6. The molecule has 2 aliphatic rings. The first-order valence-electron chi connectivity index (χ1n) is 13.1. The molecule has 2 fully saturated rings. The number of hydrogen-bond acceptors (Lipinski definition) is 6. The van der Waals surface area contributed by atoms with Crippen molar-refractivity contribution in [1.82, 2.24) is 19.6 Å². The molecule has 1 aliphatic heterocycles. The molecule has 9 heteroatoms. The van der Waals surface area contributed by atoms with Gasteiger partial charge >= 0.3 is 5.97 Å². The van der Waals surface area contributed by atoms with Crippen LogP contribution in [0, 0.1) is 0 Å². The highest BCUT2D eigenvalue weighted by Crippen LogP contribution is 2.56. The SMILES string of the molecule is O=C(O)Cc1ccc(-c2c(C3CC3c3ccc4ccccc4n3)nc3c(N4CCOCC4)cc(Cl)nn23)cc1. The van der Waals surface area contributed by atoms with E-state index in [0.717, 1.165) is 70.0 Å². The molecule has 5 aromatic rings. The van der Waals surface area contributed by atoms with Crippen molar-refractivity contribution in [3.05, 3.63) is 88.8 Å². The van der Waals surface area contributed by atoms with Gasteiger partial charge < -0.3 is 14.7 Å². The summed E-state index contributed by atoms with van der Waals surface area (Å²) in [5.74, 6) is -0.414. The summed E-state index contributed by atoms with van der Waals surface area (Å²) >= 11 is 6.58. The third-order valence-corrected chi connectivity index (χ3v) is 7.82. The molecule has 1 saturated heterocycles. The van der Waals surface area contributed by atoms with Crippen LogP contribution < -0.4 is 4.90 Å². The van der Waals surface area contributed by atoms with E-state index in [1.807, 2.05) is 53.0 Å². The zero-order chi connectivity index (χ0) is 26.5. The first-order valence-corrected chi connectivity index (χ1v) is 13.5. The summed E-state index contributed by atoms with van der Waals surface area (Å²) in [7, 11) is 0. The normalized spacial score (nSPS) is 19.1. The Hall–Kier alpha value is -4.01. The van der Waals surface area contributed by atoms with Crippen LogP contribution in [0.5, 0.6) is 0 Å².